The highest BCUT2D eigenvalue weighted by molar-refractivity contribution is 7.27. The molecule has 0 N–H and O–H groups in total. The zero-order valence-electron chi connectivity index (χ0n) is 15.7. The summed E-state index contributed by atoms with van der Waals surface area (Å²) >= 11 is 0. The van der Waals surface area contributed by atoms with Crippen LogP contribution in [0.25, 0.3) is 6.08 Å². The maximum absolute atomic E-state index is 5.45. The van der Waals surface area contributed by atoms with E-state index in [-0.39, 0.29) is 12.4 Å². The van der Waals surface area contributed by atoms with E-state index in [0.29, 0.717) is 0 Å². The molecule has 0 spiro atoms. The molecule has 1 atom stereocenters. The number of ether oxygens (including phenoxy) is 1. The molecule has 0 aliphatic heterocycles. The summed E-state index contributed by atoms with van der Waals surface area (Å²) in [6.07, 6.45) is 7.65. The average Bonchev–Trinajstić information content (AvgIpc) is 2.57. The lowest BCUT2D eigenvalue weighted by Crippen LogP contribution is -1.99. The molecule has 0 fully saturated rings. The molecular formula is C22H28ClOP. The van der Waals surface area contributed by atoms with E-state index in [9.17, 15) is 0 Å². The number of aryl methyl sites for hydroxylation is 1. The lowest BCUT2D eigenvalue weighted by Gasteiger charge is -2.13. The summed E-state index contributed by atoms with van der Waals surface area (Å²) in [5, 5.41) is 1.27. The van der Waals surface area contributed by atoms with Crippen molar-refractivity contribution in [2.24, 2.45) is 0 Å². The standard InChI is InChI=1S/C22H27OP.ClH/c1-15(10-12-19-8-6-7-9-22(19)24)11-13-20-16(2)14-21(23-5)18(4)17(20)3;/h6-11,13-14H,12,24H2,1-5H3;1H/b13-11+,15-10+;. The molecule has 2 aromatic carbocycles. The van der Waals surface area contributed by atoms with Gasteiger partial charge in [-0.15, -0.1) is 21.6 Å². The SMILES string of the molecule is COc1cc(C)c(/C=C/C(C)=C/Cc2ccccc2P)c(C)c1C.Cl. The van der Waals surface area contributed by atoms with E-state index < -0.39 is 0 Å². The Morgan fingerprint density at radius 2 is 1.80 bits per heavy atom. The summed E-state index contributed by atoms with van der Waals surface area (Å²) in [5.74, 6) is 0.964. The number of hydrogen-bond acceptors (Lipinski definition) is 1. The monoisotopic (exact) mass is 374 g/mol. The first-order valence-corrected chi connectivity index (χ1v) is 8.84. The van der Waals surface area contributed by atoms with Crippen LogP contribution in [0, 0.1) is 20.8 Å². The second kappa shape index (κ2) is 9.80. The van der Waals surface area contributed by atoms with Gasteiger partial charge in [-0.25, -0.2) is 0 Å². The third-order valence-corrected chi connectivity index (χ3v) is 5.10. The average molecular weight is 375 g/mol. The maximum Gasteiger partial charge on any atom is 0.122 e. The van der Waals surface area contributed by atoms with Gasteiger partial charge in [0.25, 0.3) is 0 Å². The number of benzene rings is 2. The molecular weight excluding hydrogens is 347 g/mol. The number of methoxy groups -OCH3 is 1. The molecule has 0 amide bonds. The predicted octanol–water partition coefficient (Wildman–Crippen LogP) is 5.74. The van der Waals surface area contributed by atoms with Gasteiger partial charge in [-0.2, -0.15) is 0 Å². The minimum absolute atomic E-state index is 0. The highest BCUT2D eigenvalue weighted by Crippen LogP contribution is 2.28. The van der Waals surface area contributed by atoms with Crippen LogP contribution in [0.5, 0.6) is 5.75 Å². The van der Waals surface area contributed by atoms with Crippen LogP contribution < -0.4 is 10.0 Å². The fourth-order valence-corrected chi connectivity index (χ4v) is 3.13. The van der Waals surface area contributed by atoms with Crippen molar-refractivity contribution in [3.05, 3.63) is 75.9 Å². The third-order valence-electron chi connectivity index (χ3n) is 4.54. The second-order valence-electron chi connectivity index (χ2n) is 6.24. The summed E-state index contributed by atoms with van der Waals surface area (Å²) < 4.78 is 5.45. The van der Waals surface area contributed by atoms with Crippen molar-refractivity contribution >= 4 is 33.0 Å². The van der Waals surface area contributed by atoms with Gasteiger partial charge < -0.3 is 4.74 Å². The van der Waals surface area contributed by atoms with E-state index in [4.69, 9.17) is 4.74 Å². The van der Waals surface area contributed by atoms with Crippen molar-refractivity contribution in [1.29, 1.82) is 0 Å². The van der Waals surface area contributed by atoms with Crippen LogP contribution in [0.1, 0.15) is 34.7 Å². The summed E-state index contributed by atoms with van der Waals surface area (Å²) in [4.78, 5) is 0. The molecule has 0 aromatic heterocycles. The number of hydrogen-bond donors (Lipinski definition) is 0. The Bertz CT molecular complexity index is 791. The van der Waals surface area contributed by atoms with E-state index in [1.807, 2.05) is 0 Å². The van der Waals surface area contributed by atoms with Crippen LogP contribution in [-0.4, -0.2) is 7.11 Å². The van der Waals surface area contributed by atoms with Crippen molar-refractivity contribution in [3.63, 3.8) is 0 Å². The van der Waals surface area contributed by atoms with Crippen LogP contribution in [0.3, 0.4) is 0 Å². The first-order chi connectivity index (χ1) is 11.4. The van der Waals surface area contributed by atoms with Gasteiger partial charge in [0.15, 0.2) is 0 Å². The number of allylic oxidation sites excluding steroid dienone is 3. The zero-order chi connectivity index (χ0) is 17.7. The molecule has 0 radical (unpaired) electrons. The minimum Gasteiger partial charge on any atom is -0.496 e. The van der Waals surface area contributed by atoms with E-state index in [1.54, 1.807) is 7.11 Å². The molecule has 0 aliphatic carbocycles. The van der Waals surface area contributed by atoms with E-state index in [1.165, 1.54) is 38.7 Å². The fraction of sp³-hybridized carbons (Fsp3) is 0.273. The lowest BCUT2D eigenvalue weighted by molar-refractivity contribution is 0.411. The molecule has 25 heavy (non-hydrogen) atoms. The first kappa shape index (κ1) is 21.5. The lowest BCUT2D eigenvalue weighted by atomic mass is 9.96. The Labute approximate surface area is 160 Å². The fourth-order valence-electron chi connectivity index (χ4n) is 2.81. The Morgan fingerprint density at radius 3 is 2.44 bits per heavy atom. The van der Waals surface area contributed by atoms with Gasteiger partial charge in [0.2, 0.25) is 0 Å². The molecule has 2 rings (SSSR count). The van der Waals surface area contributed by atoms with Crippen LogP contribution in [0.2, 0.25) is 0 Å². The molecule has 0 saturated heterocycles. The summed E-state index contributed by atoms with van der Waals surface area (Å²) in [6.45, 7) is 8.57. The van der Waals surface area contributed by atoms with Crippen molar-refractivity contribution in [1.82, 2.24) is 0 Å². The number of halogens is 1. The minimum atomic E-state index is 0. The molecule has 1 nitrogen and oxygen atoms in total. The predicted molar refractivity (Wildman–Crippen MR) is 117 cm³/mol. The van der Waals surface area contributed by atoms with Gasteiger partial charge in [0, 0.05) is 0 Å². The molecule has 0 aliphatic rings. The summed E-state index contributed by atoms with van der Waals surface area (Å²) in [5.41, 5.74) is 7.65. The van der Waals surface area contributed by atoms with Gasteiger partial charge in [-0.05, 0) is 73.3 Å². The van der Waals surface area contributed by atoms with E-state index >= 15 is 0 Å². The van der Waals surface area contributed by atoms with Gasteiger partial charge >= 0.3 is 0 Å². The van der Waals surface area contributed by atoms with Crippen LogP contribution in [-0.2, 0) is 6.42 Å². The van der Waals surface area contributed by atoms with Crippen molar-refractivity contribution in [2.45, 2.75) is 34.1 Å². The molecule has 134 valence electrons. The molecule has 0 heterocycles. The molecule has 2 aromatic rings. The van der Waals surface area contributed by atoms with E-state index in [0.717, 1.165) is 12.2 Å². The highest BCUT2D eigenvalue weighted by atomic mass is 35.5. The van der Waals surface area contributed by atoms with Crippen LogP contribution >= 0.6 is 21.6 Å². The van der Waals surface area contributed by atoms with Gasteiger partial charge in [0.1, 0.15) is 5.75 Å². The smallest absolute Gasteiger partial charge is 0.122 e. The van der Waals surface area contributed by atoms with Crippen LogP contribution in [0.15, 0.2) is 48.1 Å². The summed E-state index contributed by atoms with van der Waals surface area (Å²) in [7, 11) is 4.54. The first-order valence-electron chi connectivity index (χ1n) is 8.27. The molecule has 1 unspecified atom stereocenters. The molecule has 0 saturated carbocycles. The van der Waals surface area contributed by atoms with Crippen molar-refractivity contribution in [2.75, 3.05) is 7.11 Å². The Balaban J connectivity index is 0.00000312. The quantitative estimate of drug-likeness (QED) is 0.478. The third kappa shape index (κ3) is 5.46. The number of rotatable bonds is 5. The van der Waals surface area contributed by atoms with Gasteiger partial charge in [0.05, 0.1) is 7.11 Å². The van der Waals surface area contributed by atoms with Crippen molar-refractivity contribution in [3.8, 4) is 5.75 Å². The summed E-state index contributed by atoms with van der Waals surface area (Å²) in [6, 6.07) is 10.6. The van der Waals surface area contributed by atoms with Gasteiger partial charge in [-0.1, -0.05) is 48.1 Å². The maximum atomic E-state index is 5.45. The van der Waals surface area contributed by atoms with Crippen LogP contribution in [0.4, 0.5) is 0 Å². The molecule has 0 bridgehead atoms. The normalized spacial score (nSPS) is 11.5. The van der Waals surface area contributed by atoms with Gasteiger partial charge in [-0.3, -0.25) is 0 Å². The Morgan fingerprint density at radius 1 is 1.12 bits per heavy atom. The Kier molecular flexibility index (Phi) is 8.42. The van der Waals surface area contributed by atoms with E-state index in [2.05, 4.69) is 85.5 Å². The van der Waals surface area contributed by atoms with Crippen molar-refractivity contribution < 1.29 is 4.74 Å². The largest absolute Gasteiger partial charge is 0.496 e. The second-order valence-corrected chi connectivity index (χ2v) is 6.87. The topological polar surface area (TPSA) is 9.23 Å². The Hall–Kier alpha value is -1.56. The molecule has 3 heteroatoms. The highest BCUT2D eigenvalue weighted by Gasteiger charge is 2.08. The zero-order valence-corrected chi connectivity index (χ0v) is 17.7.